The minimum absolute atomic E-state index is 0.506. The van der Waals surface area contributed by atoms with E-state index in [4.69, 9.17) is 4.74 Å². The van der Waals surface area contributed by atoms with Crippen LogP contribution in [0.1, 0.15) is 32.5 Å². The Bertz CT molecular complexity index is 712. The van der Waals surface area contributed by atoms with Gasteiger partial charge in [0.25, 0.3) is 0 Å². The first kappa shape index (κ1) is 13.7. The summed E-state index contributed by atoms with van der Waals surface area (Å²) in [5, 5.41) is 7.77. The van der Waals surface area contributed by atoms with Crippen molar-refractivity contribution in [1.82, 2.24) is 20.2 Å². The summed E-state index contributed by atoms with van der Waals surface area (Å²) >= 11 is 0. The Morgan fingerprint density at radius 1 is 1.43 bits per heavy atom. The summed E-state index contributed by atoms with van der Waals surface area (Å²) < 4.78 is 5.46. The minimum atomic E-state index is 0.506. The number of nitrogens with zero attached hydrogens (tertiary/aromatic N) is 4. The van der Waals surface area contributed by atoms with Gasteiger partial charge in [0.05, 0.1) is 30.0 Å². The van der Waals surface area contributed by atoms with E-state index in [0.717, 1.165) is 34.6 Å². The van der Waals surface area contributed by atoms with Crippen LogP contribution in [0, 0.1) is 5.92 Å². The fourth-order valence-corrected chi connectivity index (χ4v) is 2.35. The fourth-order valence-electron chi connectivity index (χ4n) is 2.35. The van der Waals surface area contributed by atoms with Crippen LogP contribution in [0.5, 0.6) is 0 Å². The van der Waals surface area contributed by atoms with Gasteiger partial charge in [-0.2, -0.15) is 5.10 Å². The molecule has 110 valence electrons. The average Bonchev–Trinajstić information content (AvgIpc) is 3.24. The zero-order chi connectivity index (χ0) is 14.8. The molecule has 0 unspecified atom stereocenters. The normalized spacial score (nSPS) is 17.0. The van der Waals surface area contributed by atoms with Gasteiger partial charge in [-0.1, -0.05) is 0 Å². The second-order valence-corrected chi connectivity index (χ2v) is 5.14. The Balaban J connectivity index is 2.12. The second-order valence-electron chi connectivity index (χ2n) is 5.14. The van der Waals surface area contributed by atoms with Gasteiger partial charge in [-0.25, -0.2) is 9.97 Å². The Morgan fingerprint density at radius 2 is 2.24 bits per heavy atom. The van der Waals surface area contributed by atoms with Crippen LogP contribution in [-0.2, 0) is 4.74 Å². The number of H-pyrrole nitrogens is 1. The molecule has 1 fully saturated rings. The molecule has 1 aliphatic carbocycles. The summed E-state index contributed by atoms with van der Waals surface area (Å²) in [6, 6.07) is 0. The zero-order valence-electron chi connectivity index (χ0n) is 12.6. The lowest BCUT2D eigenvalue weighted by Gasteiger charge is -2.13. The molecular weight excluding hydrogens is 266 g/mol. The van der Waals surface area contributed by atoms with Crippen molar-refractivity contribution in [2.75, 3.05) is 13.7 Å². The topological polar surface area (TPSA) is 76.1 Å². The fraction of sp³-hybridized carbons (Fsp3) is 0.467. The van der Waals surface area contributed by atoms with E-state index in [1.54, 1.807) is 19.5 Å². The third-order valence-electron chi connectivity index (χ3n) is 3.62. The van der Waals surface area contributed by atoms with Crippen LogP contribution in [0.4, 0.5) is 0 Å². The molecule has 0 aromatic carbocycles. The zero-order valence-corrected chi connectivity index (χ0v) is 12.6. The first-order valence-electron chi connectivity index (χ1n) is 7.20. The highest BCUT2D eigenvalue weighted by atomic mass is 16.5. The van der Waals surface area contributed by atoms with Gasteiger partial charge < -0.3 is 4.74 Å². The number of hydrogen-bond acceptors (Lipinski definition) is 5. The van der Waals surface area contributed by atoms with E-state index in [-0.39, 0.29) is 0 Å². The molecule has 0 amide bonds. The number of allylic oxidation sites excluding steroid dienone is 2. The number of aliphatic imine (C=N–C) groups is 1. The predicted molar refractivity (Wildman–Crippen MR) is 82.0 cm³/mol. The molecule has 0 radical (unpaired) electrons. The smallest absolute Gasteiger partial charge is 0.166 e. The maximum Gasteiger partial charge on any atom is 0.166 e. The summed E-state index contributed by atoms with van der Waals surface area (Å²) in [7, 11) is 1.67. The van der Waals surface area contributed by atoms with Gasteiger partial charge in [-0.3, -0.25) is 10.1 Å². The van der Waals surface area contributed by atoms with Crippen LogP contribution in [0.15, 0.2) is 23.1 Å². The highest BCUT2D eigenvalue weighted by Gasteiger charge is 2.32. The van der Waals surface area contributed by atoms with Gasteiger partial charge in [0.1, 0.15) is 5.76 Å². The number of aromatic amines is 1. The van der Waals surface area contributed by atoms with Crippen molar-refractivity contribution in [3.8, 4) is 0 Å². The maximum absolute atomic E-state index is 5.46. The van der Waals surface area contributed by atoms with E-state index >= 15 is 0 Å². The van der Waals surface area contributed by atoms with E-state index in [9.17, 15) is 0 Å². The molecule has 1 aliphatic rings. The lowest BCUT2D eigenvalue weighted by atomic mass is 10.0. The number of ether oxygens (including phenoxy) is 1. The van der Waals surface area contributed by atoms with E-state index in [1.807, 2.05) is 13.8 Å². The molecule has 0 aliphatic heterocycles. The molecule has 21 heavy (non-hydrogen) atoms. The Morgan fingerprint density at radius 3 is 2.90 bits per heavy atom. The van der Waals surface area contributed by atoms with Gasteiger partial charge in [-0.15, -0.1) is 0 Å². The van der Waals surface area contributed by atoms with Crippen LogP contribution < -0.4 is 0 Å². The maximum atomic E-state index is 5.46. The highest BCUT2D eigenvalue weighted by molar-refractivity contribution is 6.25. The van der Waals surface area contributed by atoms with Crippen molar-refractivity contribution in [3.63, 3.8) is 0 Å². The van der Waals surface area contributed by atoms with Crippen molar-refractivity contribution < 1.29 is 4.74 Å². The molecule has 3 rings (SSSR count). The summed E-state index contributed by atoms with van der Waals surface area (Å²) in [5.41, 5.74) is 2.71. The monoisotopic (exact) mass is 285 g/mol. The van der Waals surface area contributed by atoms with Gasteiger partial charge in [-0.05, 0) is 26.7 Å². The number of nitrogens with one attached hydrogen (secondary N) is 1. The number of methoxy groups -OCH3 is 1. The van der Waals surface area contributed by atoms with Crippen LogP contribution in [-0.4, -0.2) is 39.5 Å². The molecule has 6 heteroatoms. The number of aromatic nitrogens is 4. The SMILES string of the molecule is CC/N=C(\C(=C(/C)OC)c1ncc2cn[nH]c2n1)C1CC1. The van der Waals surface area contributed by atoms with Crippen LogP contribution in [0.3, 0.4) is 0 Å². The van der Waals surface area contributed by atoms with Crippen LogP contribution in [0.25, 0.3) is 16.6 Å². The standard InChI is InChI=1S/C15H19N5O/c1-4-16-13(10-5-6-10)12(9(2)21-3)15-17-7-11-8-18-20-14(11)19-15/h7-8,10H,4-6H2,1-3H3,(H,17,18,19,20)/b12-9-,16-13-. The van der Waals surface area contributed by atoms with E-state index in [0.29, 0.717) is 11.7 Å². The number of hydrogen-bond donors (Lipinski definition) is 1. The summed E-state index contributed by atoms with van der Waals surface area (Å²) in [6.45, 7) is 4.73. The van der Waals surface area contributed by atoms with Gasteiger partial charge in [0.2, 0.25) is 0 Å². The largest absolute Gasteiger partial charge is 0.501 e. The first-order valence-corrected chi connectivity index (χ1v) is 7.20. The second kappa shape index (κ2) is 5.63. The van der Waals surface area contributed by atoms with Gasteiger partial charge >= 0.3 is 0 Å². The third kappa shape index (κ3) is 2.66. The molecule has 2 heterocycles. The van der Waals surface area contributed by atoms with Crippen molar-refractivity contribution in [3.05, 3.63) is 24.0 Å². The molecule has 1 N–H and O–H groups in total. The van der Waals surface area contributed by atoms with E-state index in [1.165, 1.54) is 12.8 Å². The van der Waals surface area contributed by atoms with Crippen molar-refractivity contribution in [1.29, 1.82) is 0 Å². The lowest BCUT2D eigenvalue weighted by molar-refractivity contribution is 0.296. The molecule has 0 saturated heterocycles. The molecule has 0 spiro atoms. The molecule has 2 aromatic heterocycles. The predicted octanol–water partition coefficient (Wildman–Crippen LogP) is 2.60. The molecule has 6 nitrogen and oxygen atoms in total. The number of fused-ring (bicyclic) bond motifs is 1. The van der Waals surface area contributed by atoms with Crippen molar-refractivity contribution in [2.45, 2.75) is 26.7 Å². The van der Waals surface area contributed by atoms with Gasteiger partial charge in [0.15, 0.2) is 11.5 Å². The highest BCUT2D eigenvalue weighted by Crippen LogP contribution is 2.37. The molecule has 1 saturated carbocycles. The quantitative estimate of drug-likeness (QED) is 0.676. The summed E-state index contributed by atoms with van der Waals surface area (Å²) in [5.74, 6) is 1.95. The Kier molecular flexibility index (Phi) is 3.68. The molecular formula is C15H19N5O. The molecule has 0 bridgehead atoms. The van der Waals surface area contributed by atoms with Crippen LogP contribution >= 0.6 is 0 Å². The van der Waals surface area contributed by atoms with Crippen LogP contribution in [0.2, 0.25) is 0 Å². The van der Waals surface area contributed by atoms with Crippen molar-refractivity contribution >= 4 is 22.3 Å². The molecule has 0 atom stereocenters. The summed E-state index contributed by atoms with van der Waals surface area (Å²) in [4.78, 5) is 13.7. The third-order valence-corrected chi connectivity index (χ3v) is 3.62. The number of rotatable bonds is 5. The minimum Gasteiger partial charge on any atom is -0.501 e. The summed E-state index contributed by atoms with van der Waals surface area (Å²) in [6.07, 6.45) is 5.84. The average molecular weight is 285 g/mol. The van der Waals surface area contributed by atoms with E-state index in [2.05, 4.69) is 25.2 Å². The Hall–Kier alpha value is -2.24. The van der Waals surface area contributed by atoms with E-state index < -0.39 is 0 Å². The lowest BCUT2D eigenvalue weighted by Crippen LogP contribution is -2.11. The molecule has 2 aromatic rings. The van der Waals surface area contributed by atoms with Crippen molar-refractivity contribution in [2.24, 2.45) is 10.9 Å². The Labute approximate surface area is 123 Å². The van der Waals surface area contributed by atoms with Gasteiger partial charge in [0, 0.05) is 18.7 Å². The first-order chi connectivity index (χ1) is 10.2.